The van der Waals surface area contributed by atoms with Crippen LogP contribution in [0.15, 0.2) is 32.9 Å². The number of carbonyl (C=O) groups excluding carboxylic acids is 2. The van der Waals surface area contributed by atoms with E-state index in [2.05, 4.69) is 22.4 Å². The van der Waals surface area contributed by atoms with Crippen LogP contribution in [0, 0.1) is 0 Å². The van der Waals surface area contributed by atoms with E-state index in [1.165, 1.54) is 23.1 Å². The maximum absolute atomic E-state index is 12.0. The number of nitrogens with one attached hydrogen (secondary N) is 1. The lowest BCUT2D eigenvalue weighted by Crippen LogP contribution is -2.31. The third-order valence-electron chi connectivity index (χ3n) is 3.04. The van der Waals surface area contributed by atoms with Gasteiger partial charge in [0.15, 0.2) is 8.68 Å². The van der Waals surface area contributed by atoms with Crippen molar-refractivity contribution in [2.45, 2.75) is 28.4 Å². The highest BCUT2D eigenvalue weighted by Crippen LogP contribution is 2.29. The van der Waals surface area contributed by atoms with E-state index in [4.69, 9.17) is 4.74 Å². The highest BCUT2D eigenvalue weighted by molar-refractivity contribution is 8.03. The van der Waals surface area contributed by atoms with Gasteiger partial charge in [0, 0.05) is 11.3 Å². The minimum atomic E-state index is -0.429. The maximum Gasteiger partial charge on any atom is 0.257 e. The fourth-order valence-corrected chi connectivity index (χ4v) is 4.70. The van der Waals surface area contributed by atoms with Crippen LogP contribution in [0.5, 0.6) is 5.75 Å². The zero-order valence-electron chi connectivity index (χ0n) is 14.0. The first kappa shape index (κ1) is 19.7. The third kappa shape index (κ3) is 6.68. The number of hydrogen-bond acceptors (Lipinski definition) is 8. The Bertz CT molecular complexity index is 704. The van der Waals surface area contributed by atoms with Crippen LogP contribution in [-0.2, 0) is 4.79 Å². The topological polar surface area (TPSA) is 81.2 Å². The van der Waals surface area contributed by atoms with Crippen molar-refractivity contribution in [3.8, 4) is 5.75 Å². The molecule has 0 bridgehead atoms. The molecule has 1 aromatic heterocycles. The first-order valence-electron chi connectivity index (χ1n) is 7.69. The molecule has 1 aromatic carbocycles. The van der Waals surface area contributed by atoms with Gasteiger partial charge in [0.2, 0.25) is 5.91 Å². The van der Waals surface area contributed by atoms with Crippen molar-refractivity contribution in [1.29, 1.82) is 0 Å². The summed E-state index contributed by atoms with van der Waals surface area (Å²) in [4.78, 5) is 23.9. The van der Waals surface area contributed by atoms with Crippen LogP contribution >= 0.6 is 34.9 Å². The molecule has 0 fully saturated rings. The van der Waals surface area contributed by atoms with E-state index in [0.717, 1.165) is 27.3 Å². The third-order valence-corrected chi connectivity index (χ3v) is 6.32. The average Bonchev–Trinajstić information content (AvgIpc) is 3.08. The molecule has 0 atom stereocenters. The lowest BCUT2D eigenvalue weighted by molar-refractivity contribution is -0.117. The molecule has 0 aliphatic rings. The van der Waals surface area contributed by atoms with Crippen LogP contribution in [0.4, 0.5) is 0 Å². The standard InChI is InChI=1S/C16H19N3O3S3/c1-3-4-9-23-15-18-19-16(25-15)24-10-13(20)17-14(21)11-5-7-12(22-2)8-6-11/h5-8H,3-4,9-10H2,1-2H3,(H,17,20,21). The Kier molecular flexibility index (Phi) is 8.23. The van der Waals surface area contributed by atoms with E-state index < -0.39 is 5.91 Å². The lowest BCUT2D eigenvalue weighted by Gasteiger charge is -2.04. The van der Waals surface area contributed by atoms with Crippen molar-refractivity contribution in [3.05, 3.63) is 29.8 Å². The number of amides is 2. The Labute approximate surface area is 159 Å². The molecular formula is C16H19N3O3S3. The molecule has 0 saturated carbocycles. The van der Waals surface area contributed by atoms with E-state index in [9.17, 15) is 9.59 Å². The summed E-state index contributed by atoms with van der Waals surface area (Å²) in [5.74, 6) is 1.01. The van der Waals surface area contributed by atoms with E-state index in [1.807, 2.05) is 0 Å². The van der Waals surface area contributed by atoms with Crippen molar-refractivity contribution in [1.82, 2.24) is 15.5 Å². The minimum Gasteiger partial charge on any atom is -0.497 e. The van der Waals surface area contributed by atoms with Crippen molar-refractivity contribution in [3.63, 3.8) is 0 Å². The smallest absolute Gasteiger partial charge is 0.257 e. The van der Waals surface area contributed by atoms with Gasteiger partial charge in [-0.25, -0.2) is 0 Å². The number of imide groups is 1. The number of rotatable bonds is 9. The van der Waals surface area contributed by atoms with Gasteiger partial charge in [-0.05, 0) is 30.7 Å². The van der Waals surface area contributed by atoms with Gasteiger partial charge in [-0.15, -0.1) is 10.2 Å². The molecule has 0 spiro atoms. The lowest BCUT2D eigenvalue weighted by atomic mass is 10.2. The Morgan fingerprint density at radius 3 is 2.48 bits per heavy atom. The molecule has 2 aromatic rings. The molecule has 9 heteroatoms. The van der Waals surface area contributed by atoms with E-state index in [1.54, 1.807) is 43.1 Å². The number of methoxy groups -OCH3 is 1. The fourth-order valence-electron chi connectivity index (χ4n) is 1.72. The van der Waals surface area contributed by atoms with Gasteiger partial charge >= 0.3 is 0 Å². The van der Waals surface area contributed by atoms with E-state index in [0.29, 0.717) is 11.3 Å². The molecule has 1 N–H and O–H groups in total. The summed E-state index contributed by atoms with van der Waals surface area (Å²) in [6.07, 6.45) is 2.29. The molecule has 2 amide bonds. The zero-order valence-corrected chi connectivity index (χ0v) is 16.4. The molecule has 2 rings (SSSR count). The largest absolute Gasteiger partial charge is 0.497 e. The number of thioether (sulfide) groups is 2. The fraction of sp³-hybridized carbons (Fsp3) is 0.375. The van der Waals surface area contributed by atoms with Gasteiger partial charge in [-0.2, -0.15) is 0 Å². The quantitative estimate of drug-likeness (QED) is 0.512. The van der Waals surface area contributed by atoms with Crippen LogP contribution in [0.25, 0.3) is 0 Å². The Morgan fingerprint density at radius 1 is 1.16 bits per heavy atom. The average molecular weight is 398 g/mol. The summed E-state index contributed by atoms with van der Waals surface area (Å²) in [5.41, 5.74) is 0.407. The number of benzene rings is 1. The summed E-state index contributed by atoms with van der Waals surface area (Å²) >= 11 is 4.43. The Hall–Kier alpha value is -1.58. The number of ether oxygens (including phenoxy) is 1. The second-order valence-corrected chi connectivity index (χ2v) is 8.47. The summed E-state index contributed by atoms with van der Waals surface area (Å²) < 4.78 is 6.67. The summed E-state index contributed by atoms with van der Waals surface area (Å²) in [6, 6.07) is 6.57. The molecule has 6 nitrogen and oxygen atoms in total. The number of unbranched alkanes of at least 4 members (excludes halogenated alkanes) is 1. The van der Waals surface area contributed by atoms with Crippen LogP contribution in [0.2, 0.25) is 0 Å². The van der Waals surface area contributed by atoms with Gasteiger partial charge in [0.25, 0.3) is 5.91 Å². The zero-order chi connectivity index (χ0) is 18.1. The molecule has 0 saturated heterocycles. The highest BCUT2D eigenvalue weighted by Gasteiger charge is 2.12. The molecule has 0 radical (unpaired) electrons. The summed E-state index contributed by atoms with van der Waals surface area (Å²) in [7, 11) is 1.55. The summed E-state index contributed by atoms with van der Waals surface area (Å²) in [6.45, 7) is 2.15. The first-order valence-corrected chi connectivity index (χ1v) is 10.5. The van der Waals surface area contributed by atoms with E-state index >= 15 is 0 Å². The summed E-state index contributed by atoms with van der Waals surface area (Å²) in [5, 5.41) is 10.5. The van der Waals surface area contributed by atoms with Crippen molar-refractivity contribution in [2.75, 3.05) is 18.6 Å². The molecule has 25 heavy (non-hydrogen) atoms. The highest BCUT2D eigenvalue weighted by atomic mass is 32.2. The monoisotopic (exact) mass is 397 g/mol. The van der Waals surface area contributed by atoms with Gasteiger partial charge in [-0.1, -0.05) is 48.2 Å². The van der Waals surface area contributed by atoms with Gasteiger partial charge in [0.05, 0.1) is 12.9 Å². The Balaban J connectivity index is 1.77. The molecule has 1 heterocycles. The van der Waals surface area contributed by atoms with Gasteiger partial charge < -0.3 is 4.74 Å². The van der Waals surface area contributed by atoms with Crippen molar-refractivity contribution < 1.29 is 14.3 Å². The van der Waals surface area contributed by atoms with Gasteiger partial charge in [0.1, 0.15) is 5.75 Å². The SMILES string of the molecule is CCCCSc1nnc(SCC(=O)NC(=O)c2ccc(OC)cc2)s1. The van der Waals surface area contributed by atoms with Crippen molar-refractivity contribution >= 4 is 46.7 Å². The molecule has 0 aliphatic carbocycles. The Morgan fingerprint density at radius 2 is 1.84 bits per heavy atom. The van der Waals surface area contributed by atoms with Gasteiger partial charge in [-0.3, -0.25) is 14.9 Å². The predicted molar refractivity (Wildman–Crippen MR) is 102 cm³/mol. The van der Waals surface area contributed by atoms with E-state index in [-0.39, 0.29) is 11.7 Å². The number of hydrogen-bond donors (Lipinski definition) is 1. The predicted octanol–water partition coefficient (Wildman–Crippen LogP) is 3.49. The second-order valence-electron chi connectivity index (χ2n) is 4.93. The molecule has 0 unspecified atom stereocenters. The van der Waals surface area contributed by atoms with Crippen LogP contribution < -0.4 is 10.1 Å². The van der Waals surface area contributed by atoms with Crippen molar-refractivity contribution in [2.24, 2.45) is 0 Å². The number of nitrogens with zero attached hydrogens (tertiary/aromatic N) is 2. The first-order chi connectivity index (χ1) is 12.1. The second kappa shape index (κ2) is 10.4. The number of carbonyl (C=O) groups is 2. The number of aromatic nitrogens is 2. The van der Waals surface area contributed by atoms with Crippen LogP contribution in [0.3, 0.4) is 0 Å². The molecule has 134 valence electrons. The minimum absolute atomic E-state index is 0.121. The molecule has 0 aliphatic heterocycles. The maximum atomic E-state index is 12.0. The normalized spacial score (nSPS) is 10.5. The molecular weight excluding hydrogens is 378 g/mol. The van der Waals surface area contributed by atoms with Crippen LogP contribution in [-0.4, -0.2) is 40.6 Å². The van der Waals surface area contributed by atoms with Crippen LogP contribution in [0.1, 0.15) is 30.1 Å².